The highest BCUT2D eigenvalue weighted by atomic mass is 32.1. The monoisotopic (exact) mass is 338 g/mol. The molecule has 0 aliphatic rings. The molecule has 0 spiro atoms. The highest BCUT2D eigenvalue weighted by Crippen LogP contribution is 2.28. The van der Waals surface area contributed by atoms with E-state index < -0.39 is 5.97 Å². The van der Waals surface area contributed by atoms with E-state index in [1.165, 1.54) is 16.2 Å². The summed E-state index contributed by atoms with van der Waals surface area (Å²) in [5.41, 5.74) is 0.692. The Bertz CT molecular complexity index is 637. The largest absolute Gasteiger partial charge is 0.480 e. The molecule has 0 aliphatic heterocycles. The van der Waals surface area contributed by atoms with E-state index in [1.807, 2.05) is 36.7 Å². The Morgan fingerprint density at radius 2 is 2.18 bits per heavy atom. The van der Waals surface area contributed by atoms with Crippen LogP contribution >= 0.6 is 22.7 Å². The first-order valence-electron chi connectivity index (χ1n) is 7.00. The van der Waals surface area contributed by atoms with E-state index in [4.69, 9.17) is 5.11 Å². The first-order valence-corrected chi connectivity index (χ1v) is 8.76. The number of nitrogens with zero attached hydrogens (tertiary/aromatic N) is 2. The molecule has 0 saturated carbocycles. The molecule has 118 valence electrons. The maximum atomic E-state index is 12.4. The minimum atomic E-state index is -0.994. The number of carbonyl (C=O) groups is 2. The zero-order valence-corrected chi connectivity index (χ0v) is 14.1. The number of amides is 1. The molecule has 0 bridgehead atoms. The number of thiazole rings is 1. The Balaban J connectivity index is 2.07. The SMILES string of the molecule is CCC(C)N(CC(=O)O)C(=O)Cc1csc(-c2cccs2)n1. The van der Waals surface area contributed by atoms with Crippen LogP contribution in [0.5, 0.6) is 0 Å². The molecule has 0 aromatic carbocycles. The fraction of sp³-hybridized carbons (Fsp3) is 0.400. The van der Waals surface area contributed by atoms with Crippen LogP contribution in [0.15, 0.2) is 22.9 Å². The van der Waals surface area contributed by atoms with Crippen LogP contribution in [0, 0.1) is 0 Å². The van der Waals surface area contributed by atoms with Crippen LogP contribution in [-0.4, -0.2) is 39.5 Å². The number of carboxylic acid groups (broad SMARTS) is 1. The van der Waals surface area contributed by atoms with Gasteiger partial charge in [-0.2, -0.15) is 0 Å². The van der Waals surface area contributed by atoms with Crippen LogP contribution in [0.4, 0.5) is 0 Å². The topological polar surface area (TPSA) is 70.5 Å². The summed E-state index contributed by atoms with van der Waals surface area (Å²) >= 11 is 3.11. The maximum absolute atomic E-state index is 12.4. The second-order valence-corrected chi connectivity index (χ2v) is 6.78. The Labute approximate surface area is 137 Å². The minimum Gasteiger partial charge on any atom is -0.480 e. The van der Waals surface area contributed by atoms with E-state index in [0.717, 1.165) is 16.3 Å². The first kappa shape index (κ1) is 16.6. The molecule has 2 aromatic rings. The summed E-state index contributed by atoms with van der Waals surface area (Å²) in [6.07, 6.45) is 0.857. The van der Waals surface area contributed by atoms with Gasteiger partial charge < -0.3 is 10.0 Å². The summed E-state index contributed by atoms with van der Waals surface area (Å²) in [6.45, 7) is 3.53. The van der Waals surface area contributed by atoms with E-state index in [2.05, 4.69) is 4.98 Å². The molecule has 0 radical (unpaired) electrons. The van der Waals surface area contributed by atoms with Crippen LogP contribution in [0.1, 0.15) is 26.0 Å². The van der Waals surface area contributed by atoms with Gasteiger partial charge in [-0.05, 0) is 24.8 Å². The summed E-state index contributed by atoms with van der Waals surface area (Å²) in [4.78, 5) is 30.3. The summed E-state index contributed by atoms with van der Waals surface area (Å²) in [6, 6.07) is 3.85. The van der Waals surface area contributed by atoms with Gasteiger partial charge in [0, 0.05) is 11.4 Å². The Morgan fingerprint density at radius 1 is 1.41 bits per heavy atom. The predicted molar refractivity (Wildman–Crippen MR) is 88.2 cm³/mol. The third-order valence-corrected chi connectivity index (χ3v) is 5.30. The van der Waals surface area contributed by atoms with Crippen molar-refractivity contribution in [2.75, 3.05) is 6.54 Å². The molecular formula is C15H18N2O3S2. The van der Waals surface area contributed by atoms with Crippen molar-refractivity contribution in [2.45, 2.75) is 32.7 Å². The molecule has 1 atom stereocenters. The number of carbonyl (C=O) groups excluding carboxylic acids is 1. The Kier molecular flexibility index (Phi) is 5.68. The highest BCUT2D eigenvalue weighted by molar-refractivity contribution is 7.20. The zero-order chi connectivity index (χ0) is 16.1. The van der Waals surface area contributed by atoms with Gasteiger partial charge in [-0.25, -0.2) is 4.98 Å². The zero-order valence-electron chi connectivity index (χ0n) is 12.5. The third-order valence-electron chi connectivity index (χ3n) is 3.36. The van der Waals surface area contributed by atoms with Gasteiger partial charge in [0.1, 0.15) is 11.6 Å². The molecule has 0 saturated heterocycles. The fourth-order valence-electron chi connectivity index (χ4n) is 2.01. The molecule has 7 heteroatoms. The molecule has 2 aromatic heterocycles. The van der Waals surface area contributed by atoms with Gasteiger partial charge in [-0.15, -0.1) is 22.7 Å². The lowest BCUT2D eigenvalue weighted by atomic mass is 10.2. The number of hydrogen-bond donors (Lipinski definition) is 1. The number of aromatic nitrogens is 1. The van der Waals surface area contributed by atoms with Crippen LogP contribution in [-0.2, 0) is 16.0 Å². The van der Waals surface area contributed by atoms with E-state index >= 15 is 0 Å². The van der Waals surface area contributed by atoms with Crippen molar-refractivity contribution in [2.24, 2.45) is 0 Å². The molecule has 1 unspecified atom stereocenters. The van der Waals surface area contributed by atoms with Crippen molar-refractivity contribution >= 4 is 34.6 Å². The van der Waals surface area contributed by atoms with E-state index in [0.29, 0.717) is 5.69 Å². The van der Waals surface area contributed by atoms with Crippen molar-refractivity contribution in [3.8, 4) is 9.88 Å². The number of aliphatic carboxylic acids is 1. The van der Waals surface area contributed by atoms with E-state index in [-0.39, 0.29) is 24.9 Å². The molecule has 2 heterocycles. The number of rotatable bonds is 7. The van der Waals surface area contributed by atoms with Crippen molar-refractivity contribution in [3.63, 3.8) is 0 Å². The summed E-state index contributed by atoms with van der Waals surface area (Å²) in [5, 5.41) is 13.7. The lowest BCUT2D eigenvalue weighted by molar-refractivity contribution is -0.145. The Morgan fingerprint density at radius 3 is 2.77 bits per heavy atom. The molecule has 0 fully saturated rings. The van der Waals surface area contributed by atoms with Crippen molar-refractivity contribution < 1.29 is 14.7 Å². The molecule has 2 rings (SSSR count). The van der Waals surface area contributed by atoms with Crippen LogP contribution in [0.25, 0.3) is 9.88 Å². The van der Waals surface area contributed by atoms with Gasteiger partial charge in [0.25, 0.3) is 0 Å². The highest BCUT2D eigenvalue weighted by Gasteiger charge is 2.22. The van der Waals surface area contributed by atoms with E-state index in [9.17, 15) is 9.59 Å². The first-order chi connectivity index (χ1) is 10.5. The van der Waals surface area contributed by atoms with Crippen molar-refractivity contribution in [1.29, 1.82) is 0 Å². The molecule has 1 N–H and O–H groups in total. The quantitative estimate of drug-likeness (QED) is 0.842. The summed E-state index contributed by atoms with van der Waals surface area (Å²) in [7, 11) is 0. The van der Waals surface area contributed by atoms with Gasteiger partial charge in [0.15, 0.2) is 0 Å². The van der Waals surface area contributed by atoms with Gasteiger partial charge in [0.2, 0.25) is 5.91 Å². The lowest BCUT2D eigenvalue weighted by Gasteiger charge is -2.26. The standard InChI is InChI=1S/C15H18N2O3S2/c1-3-10(2)17(8-14(19)20)13(18)7-11-9-22-15(16-11)12-5-4-6-21-12/h4-6,9-10H,3,7-8H2,1-2H3,(H,19,20). The third kappa shape index (κ3) is 4.14. The molecule has 1 amide bonds. The maximum Gasteiger partial charge on any atom is 0.323 e. The van der Waals surface area contributed by atoms with Crippen molar-refractivity contribution in [3.05, 3.63) is 28.6 Å². The lowest BCUT2D eigenvalue weighted by Crippen LogP contribution is -2.42. The number of carboxylic acids is 1. The van der Waals surface area contributed by atoms with Gasteiger partial charge in [0.05, 0.1) is 17.0 Å². The van der Waals surface area contributed by atoms with Gasteiger partial charge in [-0.3, -0.25) is 9.59 Å². The minimum absolute atomic E-state index is 0.0981. The molecular weight excluding hydrogens is 320 g/mol. The number of thiophene rings is 1. The van der Waals surface area contributed by atoms with E-state index in [1.54, 1.807) is 11.3 Å². The molecule has 5 nitrogen and oxygen atoms in total. The summed E-state index contributed by atoms with van der Waals surface area (Å²) in [5.74, 6) is -1.19. The van der Waals surface area contributed by atoms with Crippen LogP contribution in [0.2, 0.25) is 0 Å². The van der Waals surface area contributed by atoms with Crippen LogP contribution < -0.4 is 0 Å². The summed E-state index contributed by atoms with van der Waals surface area (Å²) < 4.78 is 0. The average Bonchev–Trinajstić information content (AvgIpc) is 3.14. The second-order valence-electron chi connectivity index (χ2n) is 4.97. The smallest absolute Gasteiger partial charge is 0.323 e. The average molecular weight is 338 g/mol. The Hall–Kier alpha value is -1.73. The van der Waals surface area contributed by atoms with Crippen molar-refractivity contribution in [1.82, 2.24) is 9.88 Å². The van der Waals surface area contributed by atoms with Gasteiger partial charge >= 0.3 is 5.97 Å². The van der Waals surface area contributed by atoms with Gasteiger partial charge in [-0.1, -0.05) is 13.0 Å². The molecule has 22 heavy (non-hydrogen) atoms. The predicted octanol–water partition coefficient (Wildman–Crippen LogP) is 3.13. The fourth-order valence-corrected chi connectivity index (χ4v) is 3.65. The number of hydrogen-bond acceptors (Lipinski definition) is 5. The normalized spacial score (nSPS) is 12.1. The molecule has 0 aliphatic carbocycles. The van der Waals surface area contributed by atoms with Crippen LogP contribution in [0.3, 0.4) is 0 Å². The second kappa shape index (κ2) is 7.51.